The Bertz CT molecular complexity index is 608. The Kier molecular flexibility index (Phi) is 5.38. The van der Waals surface area contributed by atoms with Crippen LogP contribution in [0.4, 0.5) is 5.69 Å². The minimum absolute atomic E-state index is 0.179. The Hall–Kier alpha value is -2.35. The lowest BCUT2D eigenvalue weighted by Gasteiger charge is -2.28. The maximum Gasteiger partial charge on any atom is 0.239 e. The molecule has 122 valence electrons. The highest BCUT2D eigenvalue weighted by Crippen LogP contribution is 2.22. The van der Waals surface area contributed by atoms with Crippen LogP contribution in [-0.2, 0) is 9.59 Å². The van der Waals surface area contributed by atoms with E-state index in [-0.39, 0.29) is 17.9 Å². The first-order valence-corrected chi connectivity index (χ1v) is 8.06. The van der Waals surface area contributed by atoms with Crippen LogP contribution in [0.15, 0.2) is 24.3 Å². The second kappa shape index (κ2) is 7.28. The van der Waals surface area contributed by atoms with Gasteiger partial charge in [-0.25, -0.2) is 0 Å². The van der Waals surface area contributed by atoms with Gasteiger partial charge in [0.05, 0.1) is 11.6 Å². The molecule has 2 N–H and O–H groups in total. The van der Waals surface area contributed by atoms with Crippen molar-refractivity contribution in [2.24, 2.45) is 5.41 Å². The zero-order chi connectivity index (χ0) is 16.9. The van der Waals surface area contributed by atoms with Crippen molar-refractivity contribution in [2.45, 2.75) is 52.0 Å². The lowest BCUT2D eigenvalue weighted by molar-refractivity contribution is -0.139. The molecule has 2 rings (SSSR count). The Morgan fingerprint density at radius 3 is 2.26 bits per heavy atom. The van der Waals surface area contributed by atoms with Crippen LogP contribution < -0.4 is 10.6 Å². The summed E-state index contributed by atoms with van der Waals surface area (Å²) in [5.41, 5.74) is -0.0458. The van der Waals surface area contributed by atoms with Gasteiger partial charge in [0.1, 0.15) is 5.41 Å². The number of benzene rings is 1. The minimum Gasteiger partial charge on any atom is -0.352 e. The van der Waals surface area contributed by atoms with Crippen molar-refractivity contribution in [3.63, 3.8) is 0 Å². The first-order chi connectivity index (χ1) is 10.9. The molecule has 1 aliphatic rings. The molecule has 0 unspecified atom stereocenters. The highest BCUT2D eigenvalue weighted by atomic mass is 16.2. The molecule has 1 aliphatic carbocycles. The predicted molar refractivity (Wildman–Crippen MR) is 88.6 cm³/mol. The van der Waals surface area contributed by atoms with Gasteiger partial charge in [-0.3, -0.25) is 9.59 Å². The summed E-state index contributed by atoms with van der Waals surface area (Å²) in [4.78, 5) is 24.9. The van der Waals surface area contributed by atoms with Gasteiger partial charge in [0, 0.05) is 11.7 Å². The summed E-state index contributed by atoms with van der Waals surface area (Å²) in [6, 6.07) is 8.78. The van der Waals surface area contributed by atoms with Crippen molar-refractivity contribution in [2.75, 3.05) is 5.32 Å². The third-order valence-corrected chi connectivity index (χ3v) is 4.35. The molecule has 0 radical (unpaired) electrons. The van der Waals surface area contributed by atoms with Gasteiger partial charge in [0.2, 0.25) is 11.8 Å². The smallest absolute Gasteiger partial charge is 0.239 e. The number of hydrogen-bond acceptors (Lipinski definition) is 3. The number of carbonyl (C=O) groups excluding carboxylic acids is 2. The zero-order valence-corrected chi connectivity index (χ0v) is 13.7. The molecule has 0 heterocycles. The maximum absolute atomic E-state index is 12.5. The van der Waals surface area contributed by atoms with Gasteiger partial charge < -0.3 is 10.6 Å². The molecule has 23 heavy (non-hydrogen) atoms. The average molecular weight is 313 g/mol. The van der Waals surface area contributed by atoms with E-state index in [4.69, 9.17) is 5.26 Å². The Balaban J connectivity index is 1.97. The fraction of sp³-hybridized carbons (Fsp3) is 0.500. The third kappa shape index (κ3) is 4.32. The van der Waals surface area contributed by atoms with E-state index < -0.39 is 5.41 Å². The Labute approximate surface area is 137 Å². The molecule has 1 fully saturated rings. The summed E-state index contributed by atoms with van der Waals surface area (Å²) >= 11 is 0. The van der Waals surface area contributed by atoms with Crippen molar-refractivity contribution in [3.05, 3.63) is 29.8 Å². The Morgan fingerprint density at radius 1 is 1.09 bits per heavy atom. The quantitative estimate of drug-likeness (QED) is 0.838. The van der Waals surface area contributed by atoms with Crippen molar-refractivity contribution in [1.82, 2.24) is 5.32 Å². The van der Waals surface area contributed by atoms with E-state index in [1.54, 1.807) is 38.1 Å². The average Bonchev–Trinajstić information content (AvgIpc) is 2.56. The van der Waals surface area contributed by atoms with Crippen molar-refractivity contribution in [3.8, 4) is 6.07 Å². The molecule has 1 aromatic rings. The summed E-state index contributed by atoms with van der Waals surface area (Å²) in [5.74, 6) is -0.592. The molecule has 5 heteroatoms. The molecule has 0 bridgehead atoms. The van der Waals surface area contributed by atoms with Gasteiger partial charge >= 0.3 is 0 Å². The van der Waals surface area contributed by atoms with Gasteiger partial charge in [-0.05, 0) is 51.0 Å². The van der Waals surface area contributed by atoms with E-state index in [2.05, 4.69) is 10.6 Å². The van der Waals surface area contributed by atoms with Crippen LogP contribution in [-0.4, -0.2) is 17.9 Å². The zero-order valence-electron chi connectivity index (χ0n) is 13.7. The number of hydrogen-bond donors (Lipinski definition) is 2. The van der Waals surface area contributed by atoms with Gasteiger partial charge in [-0.2, -0.15) is 5.26 Å². The number of carbonyl (C=O) groups is 2. The van der Waals surface area contributed by atoms with Crippen LogP contribution in [0.3, 0.4) is 0 Å². The number of nitriles is 1. The lowest BCUT2D eigenvalue weighted by atomic mass is 9.88. The van der Waals surface area contributed by atoms with Crippen LogP contribution in [0, 0.1) is 16.7 Å². The molecular weight excluding hydrogens is 290 g/mol. The van der Waals surface area contributed by atoms with E-state index in [9.17, 15) is 9.59 Å². The third-order valence-electron chi connectivity index (χ3n) is 4.35. The summed E-state index contributed by atoms with van der Waals surface area (Å²) in [6.45, 7) is 3.26. The second-order valence-corrected chi connectivity index (χ2v) is 6.58. The van der Waals surface area contributed by atoms with Crippen LogP contribution in [0.25, 0.3) is 0 Å². The highest BCUT2D eigenvalue weighted by molar-refractivity contribution is 6.09. The van der Waals surface area contributed by atoms with Gasteiger partial charge in [0.25, 0.3) is 0 Å². The van der Waals surface area contributed by atoms with Crippen molar-refractivity contribution < 1.29 is 9.59 Å². The van der Waals surface area contributed by atoms with E-state index in [0.29, 0.717) is 11.3 Å². The summed E-state index contributed by atoms with van der Waals surface area (Å²) in [7, 11) is 0. The second-order valence-electron chi connectivity index (χ2n) is 6.58. The number of nitrogens with zero attached hydrogens (tertiary/aromatic N) is 1. The summed E-state index contributed by atoms with van der Waals surface area (Å²) in [5, 5.41) is 14.5. The van der Waals surface area contributed by atoms with Gasteiger partial charge in [-0.1, -0.05) is 19.3 Å². The molecule has 5 nitrogen and oxygen atoms in total. The molecular formula is C18H23N3O2. The fourth-order valence-electron chi connectivity index (χ4n) is 2.63. The normalized spacial score (nSPS) is 15.5. The number of rotatable bonds is 4. The van der Waals surface area contributed by atoms with E-state index in [0.717, 1.165) is 25.7 Å². The molecule has 0 saturated heterocycles. The van der Waals surface area contributed by atoms with Crippen LogP contribution in [0.5, 0.6) is 0 Å². The number of anilines is 1. The topological polar surface area (TPSA) is 82.0 Å². The first kappa shape index (κ1) is 17.0. The molecule has 2 amide bonds. The minimum atomic E-state index is -1.15. The van der Waals surface area contributed by atoms with Crippen molar-refractivity contribution >= 4 is 17.5 Å². The molecule has 0 aliphatic heterocycles. The molecule has 0 aromatic heterocycles. The van der Waals surface area contributed by atoms with Crippen molar-refractivity contribution in [1.29, 1.82) is 5.26 Å². The molecule has 1 aromatic carbocycles. The SMILES string of the molecule is CC(C)(C(=O)Nc1ccc(C#N)cc1)C(=O)NC1CCCCC1. The standard InChI is InChI=1S/C18H23N3O2/c1-18(2,16(22)20-14-6-4-3-5-7-14)17(23)21-15-10-8-13(12-19)9-11-15/h8-11,14H,3-7H2,1-2H3,(H,20,22)(H,21,23). The number of nitrogens with one attached hydrogen (secondary N) is 2. The first-order valence-electron chi connectivity index (χ1n) is 8.06. The van der Waals surface area contributed by atoms with Gasteiger partial charge in [-0.15, -0.1) is 0 Å². The predicted octanol–water partition coefficient (Wildman–Crippen LogP) is 2.97. The van der Waals surface area contributed by atoms with Crippen LogP contribution in [0.1, 0.15) is 51.5 Å². The van der Waals surface area contributed by atoms with Gasteiger partial charge in [0.15, 0.2) is 0 Å². The fourth-order valence-corrected chi connectivity index (χ4v) is 2.63. The highest BCUT2D eigenvalue weighted by Gasteiger charge is 2.37. The summed E-state index contributed by atoms with van der Waals surface area (Å²) < 4.78 is 0. The van der Waals surface area contributed by atoms with Crippen LogP contribution in [0.2, 0.25) is 0 Å². The monoisotopic (exact) mass is 313 g/mol. The van der Waals surface area contributed by atoms with Crippen LogP contribution >= 0.6 is 0 Å². The molecule has 0 spiro atoms. The van der Waals surface area contributed by atoms with E-state index >= 15 is 0 Å². The maximum atomic E-state index is 12.5. The molecule has 0 atom stereocenters. The number of amides is 2. The Morgan fingerprint density at radius 2 is 1.70 bits per heavy atom. The van der Waals surface area contributed by atoms with E-state index in [1.807, 2.05) is 6.07 Å². The van der Waals surface area contributed by atoms with E-state index in [1.165, 1.54) is 6.42 Å². The molecule has 1 saturated carbocycles. The lowest BCUT2D eigenvalue weighted by Crippen LogP contribution is -2.49. The largest absolute Gasteiger partial charge is 0.352 e. The summed E-state index contributed by atoms with van der Waals surface area (Å²) in [6.07, 6.45) is 5.44.